The van der Waals surface area contributed by atoms with Gasteiger partial charge >= 0.3 is 0 Å². The quantitative estimate of drug-likeness (QED) is 0.143. The van der Waals surface area contributed by atoms with E-state index in [9.17, 15) is 0 Å². The molecule has 0 N–H and O–H groups in total. The van der Waals surface area contributed by atoms with Crippen LogP contribution in [0.3, 0.4) is 0 Å². The van der Waals surface area contributed by atoms with Crippen LogP contribution in [-0.2, 0) is 5.41 Å². The first kappa shape index (κ1) is 32.6. The summed E-state index contributed by atoms with van der Waals surface area (Å²) in [7, 11) is 0. The molecular weight excluding hydrogens is 661 g/mol. The molecule has 0 bridgehead atoms. The van der Waals surface area contributed by atoms with Gasteiger partial charge in [0, 0.05) is 27.7 Å². The average molecular weight is 697 g/mol. The lowest BCUT2D eigenvalue weighted by Gasteiger charge is -2.33. The van der Waals surface area contributed by atoms with Gasteiger partial charge in [0.2, 0.25) is 0 Å². The molecule has 0 atom stereocenters. The molecule has 4 aromatic carbocycles. The zero-order chi connectivity index (χ0) is 34.6. The number of thiophene rings is 2. The first-order valence-electron chi connectivity index (χ1n) is 17.3. The van der Waals surface area contributed by atoms with Crippen molar-refractivity contribution in [1.82, 2.24) is 19.9 Å². The predicted octanol–water partition coefficient (Wildman–Crippen LogP) is 12.5. The van der Waals surface area contributed by atoms with E-state index in [2.05, 4.69) is 134 Å². The second-order valence-corrected chi connectivity index (χ2v) is 14.5. The minimum atomic E-state index is -0.136. The van der Waals surface area contributed by atoms with Gasteiger partial charge in [0.15, 0.2) is 11.6 Å². The maximum absolute atomic E-state index is 5.04. The molecule has 0 aliphatic heterocycles. The van der Waals surface area contributed by atoms with Gasteiger partial charge in [-0.1, -0.05) is 135 Å². The Hall–Kier alpha value is -5.56. The highest BCUT2D eigenvalue weighted by Crippen LogP contribution is 2.41. The third kappa shape index (κ3) is 6.56. The molecule has 8 aromatic rings. The minimum absolute atomic E-state index is 0.136. The monoisotopic (exact) mass is 696 g/mol. The van der Waals surface area contributed by atoms with Crippen LogP contribution in [0.25, 0.3) is 66.4 Å². The van der Waals surface area contributed by atoms with Crippen molar-refractivity contribution in [2.45, 2.75) is 32.1 Å². The van der Waals surface area contributed by atoms with Crippen LogP contribution in [-0.4, -0.2) is 19.9 Å². The van der Waals surface area contributed by atoms with Gasteiger partial charge in [-0.2, -0.15) is 0 Å². The largest absolute Gasteiger partial charge is 0.228 e. The highest BCUT2D eigenvalue weighted by atomic mass is 32.1. The van der Waals surface area contributed by atoms with Crippen LogP contribution in [0, 0.1) is 0 Å². The lowest BCUT2D eigenvalue weighted by molar-refractivity contribution is 0.478. The summed E-state index contributed by atoms with van der Waals surface area (Å²) in [6.45, 7) is 4.58. The summed E-state index contributed by atoms with van der Waals surface area (Å²) in [5, 5.41) is 4.18. The van der Waals surface area contributed by atoms with E-state index in [1.54, 1.807) is 22.7 Å². The van der Waals surface area contributed by atoms with Crippen LogP contribution in [0.2, 0.25) is 0 Å². The molecule has 0 unspecified atom stereocenters. The molecule has 0 saturated carbocycles. The van der Waals surface area contributed by atoms with E-state index in [0.29, 0.717) is 0 Å². The van der Waals surface area contributed by atoms with Gasteiger partial charge in [0.25, 0.3) is 0 Å². The molecule has 0 aliphatic rings. The number of rotatable bonds is 10. The molecular formula is C45H36N4S2. The molecule has 4 aromatic heterocycles. The van der Waals surface area contributed by atoms with Gasteiger partial charge in [-0.25, -0.2) is 19.9 Å². The molecule has 6 heteroatoms. The van der Waals surface area contributed by atoms with Gasteiger partial charge in [0.1, 0.15) is 0 Å². The Morgan fingerprint density at radius 2 is 0.804 bits per heavy atom. The van der Waals surface area contributed by atoms with E-state index < -0.39 is 0 Å². The average Bonchev–Trinajstić information content (AvgIpc) is 3.96. The standard InChI is InChI=1S/C45H36N4S2/c1-3-45(4-2,35-23-19-31(20-24-35)37-29-39(41-17-11-27-50-41)48-43(46-37)33-13-7-5-8-14-33)36-25-21-32(22-26-36)38-30-40(42-18-12-28-51-42)49-44(47-38)34-15-9-6-10-16-34/h5-30H,3-4H2,1-2H3. The zero-order valence-electron chi connectivity index (χ0n) is 28.5. The van der Waals surface area contributed by atoms with Crippen LogP contribution in [0.1, 0.15) is 37.8 Å². The summed E-state index contributed by atoms with van der Waals surface area (Å²) in [6, 6.07) is 51.1. The first-order valence-corrected chi connectivity index (χ1v) is 19.1. The van der Waals surface area contributed by atoms with E-state index >= 15 is 0 Å². The number of hydrogen-bond donors (Lipinski definition) is 0. The lowest BCUT2D eigenvalue weighted by atomic mass is 9.70. The molecule has 248 valence electrons. The molecule has 8 rings (SSSR count). The van der Waals surface area contributed by atoms with E-state index in [1.165, 1.54) is 11.1 Å². The van der Waals surface area contributed by atoms with Crippen LogP contribution in [0.4, 0.5) is 0 Å². The fourth-order valence-corrected chi connectivity index (χ4v) is 8.25. The molecule has 0 saturated heterocycles. The van der Waals surface area contributed by atoms with Crippen molar-refractivity contribution < 1.29 is 0 Å². The molecule has 4 heterocycles. The summed E-state index contributed by atoms with van der Waals surface area (Å²) in [5.41, 5.74) is 10.4. The van der Waals surface area contributed by atoms with E-state index in [1.807, 2.05) is 36.4 Å². The highest BCUT2D eigenvalue weighted by Gasteiger charge is 2.31. The molecule has 0 amide bonds. The summed E-state index contributed by atoms with van der Waals surface area (Å²) in [4.78, 5) is 22.3. The Morgan fingerprint density at radius 3 is 1.16 bits per heavy atom. The van der Waals surface area contributed by atoms with Crippen molar-refractivity contribution >= 4 is 22.7 Å². The number of aromatic nitrogens is 4. The van der Waals surface area contributed by atoms with Gasteiger partial charge in [0.05, 0.1) is 32.5 Å². The zero-order valence-corrected chi connectivity index (χ0v) is 30.2. The van der Waals surface area contributed by atoms with Crippen LogP contribution >= 0.6 is 22.7 Å². The Morgan fingerprint density at radius 1 is 0.412 bits per heavy atom. The van der Waals surface area contributed by atoms with Crippen LogP contribution < -0.4 is 0 Å². The topological polar surface area (TPSA) is 51.6 Å². The fraction of sp³-hybridized carbons (Fsp3) is 0.111. The van der Waals surface area contributed by atoms with Crippen molar-refractivity contribution in [1.29, 1.82) is 0 Å². The lowest BCUT2D eigenvalue weighted by Crippen LogP contribution is -2.26. The minimum Gasteiger partial charge on any atom is -0.228 e. The Labute approximate surface area is 307 Å². The maximum atomic E-state index is 5.04. The van der Waals surface area contributed by atoms with Crippen molar-refractivity contribution in [2.24, 2.45) is 0 Å². The first-order chi connectivity index (χ1) is 25.1. The summed E-state index contributed by atoms with van der Waals surface area (Å²) < 4.78 is 0. The summed E-state index contributed by atoms with van der Waals surface area (Å²) in [5.74, 6) is 1.47. The van der Waals surface area contributed by atoms with Crippen molar-refractivity contribution in [3.05, 3.63) is 167 Å². The molecule has 0 radical (unpaired) electrons. The van der Waals surface area contributed by atoms with Crippen molar-refractivity contribution in [3.63, 3.8) is 0 Å². The smallest absolute Gasteiger partial charge is 0.160 e. The third-order valence-electron chi connectivity index (χ3n) is 9.74. The number of nitrogens with zero attached hydrogens (tertiary/aromatic N) is 4. The van der Waals surface area contributed by atoms with Crippen molar-refractivity contribution in [3.8, 4) is 66.4 Å². The highest BCUT2D eigenvalue weighted by molar-refractivity contribution is 7.13. The molecule has 0 fully saturated rings. The molecule has 51 heavy (non-hydrogen) atoms. The second-order valence-electron chi connectivity index (χ2n) is 12.6. The molecule has 4 nitrogen and oxygen atoms in total. The predicted molar refractivity (Wildman–Crippen MR) is 214 cm³/mol. The summed E-state index contributed by atoms with van der Waals surface area (Å²) in [6.07, 6.45) is 1.95. The maximum Gasteiger partial charge on any atom is 0.160 e. The van der Waals surface area contributed by atoms with Crippen molar-refractivity contribution in [2.75, 3.05) is 0 Å². The Balaban J connectivity index is 1.13. The number of benzene rings is 4. The fourth-order valence-electron chi connectivity index (χ4n) is 6.88. The van der Waals surface area contributed by atoms with Gasteiger partial charge in [-0.15, -0.1) is 22.7 Å². The van der Waals surface area contributed by atoms with Crippen LogP contribution in [0.15, 0.2) is 156 Å². The summed E-state index contributed by atoms with van der Waals surface area (Å²) >= 11 is 3.39. The Kier molecular flexibility index (Phi) is 9.18. The van der Waals surface area contributed by atoms with E-state index in [0.717, 1.165) is 79.3 Å². The second kappa shape index (κ2) is 14.4. The molecule has 0 aliphatic carbocycles. The van der Waals surface area contributed by atoms with Gasteiger partial charge in [-0.3, -0.25) is 0 Å². The van der Waals surface area contributed by atoms with Crippen LogP contribution in [0.5, 0.6) is 0 Å². The Bertz CT molecular complexity index is 2180. The normalized spacial score (nSPS) is 11.5. The van der Waals surface area contributed by atoms with Gasteiger partial charge < -0.3 is 0 Å². The van der Waals surface area contributed by atoms with E-state index in [4.69, 9.17) is 19.9 Å². The third-order valence-corrected chi connectivity index (χ3v) is 11.5. The number of hydrogen-bond acceptors (Lipinski definition) is 6. The molecule has 0 spiro atoms. The van der Waals surface area contributed by atoms with E-state index in [-0.39, 0.29) is 5.41 Å². The SMILES string of the molecule is CCC(CC)(c1ccc(-c2cc(-c3cccs3)nc(-c3ccccc3)n2)cc1)c1ccc(-c2cc(-c3cccs3)nc(-c3ccccc3)n2)cc1. The van der Waals surface area contributed by atoms with Gasteiger partial charge in [-0.05, 0) is 59.0 Å².